The number of esters is 1. The zero-order valence-corrected chi connectivity index (χ0v) is 17.2. The van der Waals surface area contributed by atoms with Crippen LogP contribution in [0.5, 0.6) is 0 Å². The number of rotatable bonds is 6. The first-order chi connectivity index (χ1) is 15.1. The molecule has 8 nitrogen and oxygen atoms in total. The van der Waals surface area contributed by atoms with Gasteiger partial charge in [-0.2, -0.15) is 4.98 Å². The highest BCUT2D eigenvalue weighted by atomic mass is 32.2. The third-order valence-electron chi connectivity index (χ3n) is 4.51. The van der Waals surface area contributed by atoms with Gasteiger partial charge in [0.2, 0.25) is 0 Å². The van der Waals surface area contributed by atoms with E-state index in [1.807, 2.05) is 12.1 Å². The Kier molecular flexibility index (Phi) is 6.44. The summed E-state index contributed by atoms with van der Waals surface area (Å²) in [6.07, 6.45) is 1.56. The number of nitrogens with zero attached hydrogens (tertiary/aromatic N) is 2. The number of aromatic nitrogens is 2. The highest BCUT2D eigenvalue weighted by Crippen LogP contribution is 2.34. The molecule has 2 atom stereocenters. The number of ether oxygens (including phenoxy) is 2. The van der Waals surface area contributed by atoms with E-state index in [1.165, 1.54) is 16.3 Å². The fourth-order valence-electron chi connectivity index (χ4n) is 2.96. The van der Waals surface area contributed by atoms with Crippen LogP contribution >= 0.6 is 11.8 Å². The van der Waals surface area contributed by atoms with E-state index < -0.39 is 11.7 Å². The summed E-state index contributed by atoms with van der Waals surface area (Å²) in [4.78, 5) is 40.7. The van der Waals surface area contributed by atoms with Crippen LogP contribution in [0.3, 0.4) is 0 Å². The lowest BCUT2D eigenvalue weighted by molar-refractivity contribution is 0.0273. The van der Waals surface area contributed by atoms with Crippen LogP contribution in [0, 0.1) is 0 Å². The number of carbonyl (C=O) groups is 2. The number of nitrogens with one attached hydrogen (secondary N) is 1. The molecular formula is C22H19N3O5S. The van der Waals surface area contributed by atoms with Crippen molar-refractivity contribution in [3.8, 4) is 0 Å². The van der Waals surface area contributed by atoms with Crippen molar-refractivity contribution in [2.45, 2.75) is 10.8 Å². The summed E-state index contributed by atoms with van der Waals surface area (Å²) in [6.45, 7) is 0.345. The zero-order valence-electron chi connectivity index (χ0n) is 16.3. The van der Waals surface area contributed by atoms with Gasteiger partial charge in [0.1, 0.15) is 23.2 Å². The highest BCUT2D eigenvalue weighted by Gasteiger charge is 2.29. The molecule has 2 aromatic carbocycles. The summed E-state index contributed by atoms with van der Waals surface area (Å²) in [5, 5.41) is 2.31. The first-order valence-corrected chi connectivity index (χ1v) is 10.5. The van der Waals surface area contributed by atoms with Gasteiger partial charge >= 0.3 is 11.7 Å². The molecule has 9 heteroatoms. The molecule has 31 heavy (non-hydrogen) atoms. The van der Waals surface area contributed by atoms with E-state index >= 15 is 0 Å². The molecule has 0 saturated carbocycles. The second-order valence-electron chi connectivity index (χ2n) is 6.64. The van der Waals surface area contributed by atoms with Crippen molar-refractivity contribution in [1.29, 1.82) is 0 Å². The molecule has 1 amide bonds. The van der Waals surface area contributed by atoms with Gasteiger partial charge in [0.25, 0.3) is 5.91 Å². The lowest BCUT2D eigenvalue weighted by atomic mass is 10.2. The monoisotopic (exact) mass is 437 g/mol. The third-order valence-corrected chi connectivity index (χ3v) is 5.76. The van der Waals surface area contributed by atoms with E-state index in [1.54, 1.807) is 60.8 Å². The average molecular weight is 437 g/mol. The van der Waals surface area contributed by atoms with E-state index in [4.69, 9.17) is 9.47 Å². The van der Waals surface area contributed by atoms with Crippen LogP contribution in [0.15, 0.2) is 77.7 Å². The molecule has 0 spiro atoms. The van der Waals surface area contributed by atoms with Crippen LogP contribution in [0.1, 0.15) is 26.1 Å². The summed E-state index contributed by atoms with van der Waals surface area (Å²) in [7, 11) is 0. The predicted octanol–water partition coefficient (Wildman–Crippen LogP) is 2.94. The van der Waals surface area contributed by atoms with Crippen LogP contribution in [-0.4, -0.2) is 40.1 Å². The molecule has 4 rings (SSSR count). The first-order valence-electron chi connectivity index (χ1n) is 9.55. The lowest BCUT2D eigenvalue weighted by Crippen LogP contribution is -2.27. The zero-order chi connectivity index (χ0) is 21.6. The Hall–Kier alpha value is -3.43. The van der Waals surface area contributed by atoms with Crippen molar-refractivity contribution < 1.29 is 19.1 Å². The maximum Gasteiger partial charge on any atom is 0.350 e. The standard InChI is InChI=1S/C22H19N3O5S/c26-20(15-7-3-1-4-8-15)23-17-11-12-25(22(28)24-17)18-13-29-19(31-18)14-30-21(27)16-9-5-2-6-10-16/h1-12,18-19H,13-14H2,(H,23,24,26,28)/t18-,19+/m0/s1. The van der Waals surface area contributed by atoms with Gasteiger partial charge in [-0.3, -0.25) is 9.36 Å². The van der Waals surface area contributed by atoms with E-state index in [9.17, 15) is 14.4 Å². The Morgan fingerprint density at radius 1 is 1.06 bits per heavy atom. The fourth-order valence-corrected chi connectivity index (χ4v) is 4.06. The van der Waals surface area contributed by atoms with Gasteiger partial charge in [0.15, 0.2) is 0 Å². The van der Waals surface area contributed by atoms with Crippen LogP contribution in [0.4, 0.5) is 5.82 Å². The van der Waals surface area contributed by atoms with Gasteiger partial charge in [-0.1, -0.05) is 48.2 Å². The van der Waals surface area contributed by atoms with Gasteiger partial charge in [-0.25, -0.2) is 9.59 Å². The molecule has 158 valence electrons. The van der Waals surface area contributed by atoms with Gasteiger partial charge in [-0.05, 0) is 30.3 Å². The predicted molar refractivity (Wildman–Crippen MR) is 116 cm³/mol. The lowest BCUT2D eigenvalue weighted by Gasteiger charge is -2.13. The molecule has 0 bridgehead atoms. The second kappa shape index (κ2) is 9.59. The van der Waals surface area contributed by atoms with Crippen LogP contribution in [-0.2, 0) is 9.47 Å². The van der Waals surface area contributed by atoms with Gasteiger partial charge in [0.05, 0.1) is 12.2 Å². The normalized spacial score (nSPS) is 17.8. The molecule has 1 aromatic heterocycles. The Balaban J connectivity index is 1.33. The number of thioether (sulfide) groups is 1. The number of amides is 1. The Morgan fingerprint density at radius 2 is 1.74 bits per heavy atom. The maximum atomic E-state index is 12.4. The summed E-state index contributed by atoms with van der Waals surface area (Å²) in [6, 6.07) is 18.9. The maximum absolute atomic E-state index is 12.4. The Labute approximate surface area is 182 Å². The Morgan fingerprint density at radius 3 is 2.42 bits per heavy atom. The van der Waals surface area contributed by atoms with Crippen LogP contribution in [0.2, 0.25) is 0 Å². The van der Waals surface area contributed by atoms with Gasteiger partial charge < -0.3 is 14.8 Å². The summed E-state index contributed by atoms with van der Waals surface area (Å²) in [5.41, 5.74) is 0.0487. The van der Waals surface area contributed by atoms with Crippen molar-refractivity contribution in [2.24, 2.45) is 0 Å². The molecule has 0 aliphatic carbocycles. The van der Waals surface area contributed by atoms with Crippen molar-refractivity contribution in [2.75, 3.05) is 18.5 Å². The van der Waals surface area contributed by atoms with Gasteiger partial charge in [-0.15, -0.1) is 0 Å². The number of hydrogen-bond acceptors (Lipinski definition) is 7. The number of benzene rings is 2. The molecule has 2 heterocycles. The largest absolute Gasteiger partial charge is 0.458 e. The van der Waals surface area contributed by atoms with Crippen molar-refractivity contribution in [3.63, 3.8) is 0 Å². The smallest absolute Gasteiger partial charge is 0.350 e. The molecule has 3 aromatic rings. The van der Waals surface area contributed by atoms with Crippen molar-refractivity contribution in [3.05, 3.63) is 94.5 Å². The molecule has 1 saturated heterocycles. The van der Waals surface area contributed by atoms with Crippen LogP contribution in [0.25, 0.3) is 0 Å². The highest BCUT2D eigenvalue weighted by molar-refractivity contribution is 8.00. The minimum Gasteiger partial charge on any atom is -0.458 e. The van der Waals surface area contributed by atoms with Crippen molar-refractivity contribution >= 4 is 29.5 Å². The van der Waals surface area contributed by atoms with Crippen LogP contribution < -0.4 is 11.0 Å². The number of anilines is 1. The molecule has 1 aliphatic heterocycles. The molecule has 0 unspecified atom stereocenters. The Bertz CT molecular complexity index is 1120. The van der Waals surface area contributed by atoms with E-state index in [-0.39, 0.29) is 35.7 Å². The molecule has 1 fully saturated rings. The first kappa shape index (κ1) is 20.8. The molecule has 1 aliphatic rings. The molecule has 1 N–H and O–H groups in total. The number of hydrogen-bond donors (Lipinski definition) is 1. The summed E-state index contributed by atoms with van der Waals surface area (Å²) >= 11 is 1.37. The quantitative estimate of drug-likeness (QED) is 0.592. The van der Waals surface area contributed by atoms with E-state index in [0.717, 1.165) is 0 Å². The minimum absolute atomic E-state index is 0.0717. The number of carbonyl (C=O) groups excluding carboxylic acids is 2. The third kappa shape index (κ3) is 5.19. The average Bonchev–Trinajstić information content (AvgIpc) is 3.27. The minimum atomic E-state index is -0.506. The second-order valence-corrected chi connectivity index (χ2v) is 7.98. The van der Waals surface area contributed by atoms with E-state index in [0.29, 0.717) is 11.1 Å². The fraction of sp³-hybridized carbons (Fsp3) is 0.182. The van der Waals surface area contributed by atoms with Gasteiger partial charge in [0, 0.05) is 11.8 Å². The topological polar surface area (TPSA) is 99.5 Å². The SMILES string of the molecule is O=C(Nc1ccn([C@@H]2CO[C@@H](COC(=O)c3ccccc3)S2)c(=O)n1)c1ccccc1. The summed E-state index contributed by atoms with van der Waals surface area (Å²) in [5.74, 6) is -0.595. The molecular weight excluding hydrogens is 418 g/mol. The molecule has 0 radical (unpaired) electrons. The van der Waals surface area contributed by atoms with E-state index in [2.05, 4.69) is 10.3 Å². The van der Waals surface area contributed by atoms with Crippen molar-refractivity contribution in [1.82, 2.24) is 9.55 Å². The summed E-state index contributed by atoms with van der Waals surface area (Å²) < 4.78 is 12.4.